The normalized spacial score (nSPS) is 15.2. The number of hydrogen-bond donors (Lipinski definition) is 2. The van der Waals surface area contributed by atoms with Gasteiger partial charge in [-0.25, -0.2) is 0 Å². The molecule has 1 aromatic heterocycles. The van der Waals surface area contributed by atoms with Gasteiger partial charge in [-0.2, -0.15) is 0 Å². The molecule has 4 nitrogen and oxygen atoms in total. The summed E-state index contributed by atoms with van der Waals surface area (Å²) in [5.41, 5.74) is 5.17. The van der Waals surface area contributed by atoms with Crippen molar-refractivity contribution < 1.29 is 0 Å². The van der Waals surface area contributed by atoms with Gasteiger partial charge in [-0.1, -0.05) is 49.2 Å². The molecule has 1 heterocycles. The molecule has 0 unspecified atom stereocenters. The summed E-state index contributed by atoms with van der Waals surface area (Å²) < 4.78 is 0. The lowest BCUT2D eigenvalue weighted by molar-refractivity contribution is 0.300. The van der Waals surface area contributed by atoms with E-state index in [2.05, 4.69) is 54.2 Å². The molecule has 0 amide bonds. The molecule has 1 aliphatic carbocycles. The van der Waals surface area contributed by atoms with Crippen LogP contribution in [0.2, 0.25) is 0 Å². The molecule has 162 valence electrons. The van der Waals surface area contributed by atoms with Gasteiger partial charge in [0.15, 0.2) is 5.11 Å². The van der Waals surface area contributed by atoms with E-state index >= 15 is 0 Å². The second kappa shape index (κ2) is 9.23. The van der Waals surface area contributed by atoms with E-state index in [-0.39, 0.29) is 11.6 Å². The number of H-pyrrole nitrogens is 1. The third-order valence-electron chi connectivity index (χ3n) is 6.40. The molecule has 4 rings (SSSR count). The van der Waals surface area contributed by atoms with Crippen molar-refractivity contribution in [3.63, 3.8) is 0 Å². The van der Waals surface area contributed by atoms with Crippen LogP contribution in [0.15, 0.2) is 53.3 Å². The number of thiocarbonyl (C=S) groups is 1. The number of benzene rings is 2. The Balaban J connectivity index is 1.62. The van der Waals surface area contributed by atoms with Crippen LogP contribution in [0.3, 0.4) is 0 Å². The Morgan fingerprint density at radius 3 is 2.58 bits per heavy atom. The predicted octanol–water partition coefficient (Wildman–Crippen LogP) is 5.53. The van der Waals surface area contributed by atoms with Gasteiger partial charge in [-0.05, 0) is 74.7 Å². The third-order valence-corrected chi connectivity index (χ3v) is 6.75. The van der Waals surface area contributed by atoms with Crippen LogP contribution < -0.4 is 10.9 Å². The minimum absolute atomic E-state index is 0.0283. The summed E-state index contributed by atoms with van der Waals surface area (Å²) in [4.78, 5) is 18.3. The second-order valence-corrected chi connectivity index (χ2v) is 9.20. The van der Waals surface area contributed by atoms with Gasteiger partial charge in [0.25, 0.3) is 5.56 Å². The maximum absolute atomic E-state index is 12.9. The van der Waals surface area contributed by atoms with Crippen molar-refractivity contribution in [3.8, 4) is 0 Å². The van der Waals surface area contributed by atoms with Gasteiger partial charge in [0.2, 0.25) is 0 Å². The average molecular weight is 434 g/mol. The van der Waals surface area contributed by atoms with Gasteiger partial charge < -0.3 is 15.2 Å². The van der Waals surface area contributed by atoms with Gasteiger partial charge in [0.1, 0.15) is 0 Å². The van der Waals surface area contributed by atoms with Crippen molar-refractivity contribution in [1.29, 1.82) is 0 Å². The van der Waals surface area contributed by atoms with E-state index in [1.165, 1.54) is 24.0 Å². The molecular weight excluding hydrogens is 402 g/mol. The SMILES string of the molecule is Cc1cc(C)c2cc(CN(C(=S)N[C@H](C)c3ccccc3)C3CCCC3)c(=O)[nH]c2c1. The molecule has 31 heavy (non-hydrogen) atoms. The highest BCUT2D eigenvalue weighted by atomic mass is 32.1. The fourth-order valence-electron chi connectivity index (χ4n) is 4.69. The van der Waals surface area contributed by atoms with Crippen molar-refractivity contribution in [2.45, 2.75) is 65.1 Å². The Labute approximate surface area is 189 Å². The van der Waals surface area contributed by atoms with Crippen LogP contribution in [-0.4, -0.2) is 21.0 Å². The molecule has 2 aromatic carbocycles. The monoisotopic (exact) mass is 433 g/mol. The maximum atomic E-state index is 12.9. The van der Waals surface area contributed by atoms with E-state index in [4.69, 9.17) is 12.2 Å². The van der Waals surface area contributed by atoms with Gasteiger partial charge in [0, 0.05) is 22.5 Å². The van der Waals surface area contributed by atoms with Crippen LogP contribution in [0.5, 0.6) is 0 Å². The first-order chi connectivity index (χ1) is 14.9. The number of nitrogens with zero attached hydrogens (tertiary/aromatic N) is 1. The average Bonchev–Trinajstić information content (AvgIpc) is 3.27. The lowest BCUT2D eigenvalue weighted by atomic mass is 10.0. The zero-order chi connectivity index (χ0) is 22.0. The lowest BCUT2D eigenvalue weighted by Crippen LogP contribution is -2.46. The van der Waals surface area contributed by atoms with E-state index < -0.39 is 0 Å². The Morgan fingerprint density at radius 1 is 1.16 bits per heavy atom. The minimum atomic E-state index is -0.0283. The highest BCUT2D eigenvalue weighted by Crippen LogP contribution is 2.26. The van der Waals surface area contributed by atoms with E-state index in [1.807, 2.05) is 30.3 Å². The first-order valence-electron chi connectivity index (χ1n) is 11.2. The number of nitrogens with one attached hydrogen (secondary N) is 2. The molecule has 5 heteroatoms. The number of hydrogen-bond acceptors (Lipinski definition) is 2. The largest absolute Gasteiger partial charge is 0.356 e. The molecule has 0 aliphatic heterocycles. The first kappa shape index (κ1) is 21.6. The Kier molecular flexibility index (Phi) is 6.42. The van der Waals surface area contributed by atoms with E-state index in [1.54, 1.807) is 0 Å². The van der Waals surface area contributed by atoms with Crippen molar-refractivity contribution in [1.82, 2.24) is 15.2 Å². The topological polar surface area (TPSA) is 48.1 Å². The summed E-state index contributed by atoms with van der Waals surface area (Å²) in [5.74, 6) is 0. The number of aromatic amines is 1. The molecule has 3 aromatic rings. The van der Waals surface area contributed by atoms with Crippen LogP contribution in [0.1, 0.15) is 60.9 Å². The standard InChI is InChI=1S/C26H31N3OS/c1-17-13-18(2)23-15-21(25(30)28-24(23)14-17)16-29(22-11-7-8-12-22)26(31)27-19(3)20-9-5-4-6-10-20/h4-6,9-10,13-15,19,22H,7-8,11-12,16H2,1-3H3,(H,27,31)(H,28,30)/t19-/m1/s1. The first-order valence-corrected chi connectivity index (χ1v) is 11.6. The molecule has 0 spiro atoms. The van der Waals surface area contributed by atoms with E-state index in [0.29, 0.717) is 12.6 Å². The summed E-state index contributed by atoms with van der Waals surface area (Å²) in [6.45, 7) is 6.80. The number of aryl methyl sites for hydroxylation is 2. The van der Waals surface area contributed by atoms with Gasteiger partial charge in [-0.15, -0.1) is 0 Å². The zero-order valence-corrected chi connectivity index (χ0v) is 19.4. The number of rotatable bonds is 5. The Morgan fingerprint density at radius 2 is 1.87 bits per heavy atom. The molecule has 1 saturated carbocycles. The highest BCUT2D eigenvalue weighted by Gasteiger charge is 2.26. The van der Waals surface area contributed by atoms with Crippen molar-refractivity contribution in [2.75, 3.05) is 0 Å². The van der Waals surface area contributed by atoms with Crippen LogP contribution in [0.4, 0.5) is 0 Å². The summed E-state index contributed by atoms with van der Waals surface area (Å²) >= 11 is 5.87. The number of pyridine rings is 1. The summed E-state index contributed by atoms with van der Waals surface area (Å²) in [6, 6.07) is 17.1. The molecule has 2 N–H and O–H groups in total. The molecule has 0 radical (unpaired) electrons. The third kappa shape index (κ3) is 4.82. The van der Waals surface area contributed by atoms with Crippen LogP contribution >= 0.6 is 12.2 Å². The highest BCUT2D eigenvalue weighted by molar-refractivity contribution is 7.80. The predicted molar refractivity (Wildman–Crippen MR) is 132 cm³/mol. The van der Waals surface area contributed by atoms with Crippen molar-refractivity contribution >= 4 is 28.2 Å². The Hall–Kier alpha value is -2.66. The maximum Gasteiger partial charge on any atom is 0.253 e. The van der Waals surface area contributed by atoms with Gasteiger partial charge in [-0.3, -0.25) is 4.79 Å². The molecule has 1 aliphatic rings. The zero-order valence-electron chi connectivity index (χ0n) is 18.6. The van der Waals surface area contributed by atoms with Crippen LogP contribution in [0.25, 0.3) is 10.9 Å². The number of fused-ring (bicyclic) bond motifs is 1. The van der Waals surface area contributed by atoms with E-state index in [9.17, 15) is 4.79 Å². The van der Waals surface area contributed by atoms with Gasteiger partial charge >= 0.3 is 0 Å². The summed E-state index contributed by atoms with van der Waals surface area (Å²) in [7, 11) is 0. The van der Waals surface area contributed by atoms with E-state index in [0.717, 1.165) is 40.0 Å². The molecule has 0 bridgehead atoms. The van der Waals surface area contributed by atoms with Crippen molar-refractivity contribution in [2.24, 2.45) is 0 Å². The fourth-order valence-corrected chi connectivity index (χ4v) is 5.08. The Bertz CT molecular complexity index is 1130. The quantitative estimate of drug-likeness (QED) is 0.520. The summed E-state index contributed by atoms with van der Waals surface area (Å²) in [6.07, 6.45) is 4.66. The summed E-state index contributed by atoms with van der Waals surface area (Å²) in [5, 5.41) is 5.34. The van der Waals surface area contributed by atoms with Crippen molar-refractivity contribution in [3.05, 3.63) is 81.1 Å². The fraction of sp³-hybridized carbons (Fsp3) is 0.385. The molecule has 0 saturated heterocycles. The van der Waals surface area contributed by atoms with Crippen LogP contribution in [-0.2, 0) is 6.54 Å². The smallest absolute Gasteiger partial charge is 0.253 e. The lowest BCUT2D eigenvalue weighted by Gasteiger charge is -2.33. The minimum Gasteiger partial charge on any atom is -0.356 e. The van der Waals surface area contributed by atoms with Crippen LogP contribution in [0, 0.1) is 13.8 Å². The van der Waals surface area contributed by atoms with Gasteiger partial charge in [0.05, 0.1) is 12.6 Å². The molecular formula is C26H31N3OS. The second-order valence-electron chi connectivity index (χ2n) is 8.81. The molecule has 1 fully saturated rings. The molecule has 1 atom stereocenters. The number of aromatic nitrogens is 1.